The molecule has 138 valence electrons. The third kappa shape index (κ3) is 8.16. The minimum atomic E-state index is 0.621. The normalized spacial score (nSPS) is 10.8. The minimum absolute atomic E-state index is 0.621. The van der Waals surface area contributed by atoms with Crippen molar-refractivity contribution in [3.05, 3.63) is 65.2 Å². The van der Waals surface area contributed by atoms with Crippen molar-refractivity contribution in [3.8, 4) is 0 Å². The van der Waals surface area contributed by atoms with Crippen LogP contribution in [0.25, 0.3) is 0 Å². The smallest absolute Gasteiger partial charge is 0.0661 e. The summed E-state index contributed by atoms with van der Waals surface area (Å²) < 4.78 is 0. The number of benzene rings is 2. The summed E-state index contributed by atoms with van der Waals surface area (Å²) in [6.45, 7) is 16.8. The van der Waals surface area contributed by atoms with Crippen LogP contribution in [-0.2, 0) is 6.42 Å². The van der Waals surface area contributed by atoms with Gasteiger partial charge in [0.25, 0.3) is 0 Å². The summed E-state index contributed by atoms with van der Waals surface area (Å²) in [7, 11) is 0. The van der Waals surface area contributed by atoms with E-state index < -0.39 is 0 Å². The molecule has 2 aromatic carbocycles. The van der Waals surface area contributed by atoms with Gasteiger partial charge in [0.15, 0.2) is 0 Å². The van der Waals surface area contributed by atoms with E-state index in [0.717, 1.165) is 12.1 Å². The molecule has 3 rings (SSSR count). The van der Waals surface area contributed by atoms with Crippen molar-refractivity contribution in [2.24, 2.45) is 4.99 Å². The summed E-state index contributed by atoms with van der Waals surface area (Å²) in [5.41, 5.74) is 5.36. The van der Waals surface area contributed by atoms with E-state index >= 15 is 0 Å². The van der Waals surface area contributed by atoms with Gasteiger partial charge >= 0.3 is 0 Å². The molecule has 0 bridgehead atoms. The molecule has 1 nitrogen and oxygen atoms in total. The summed E-state index contributed by atoms with van der Waals surface area (Å²) in [4.78, 5) is 4.27. The molecule has 0 aromatic heterocycles. The molecule has 1 aliphatic rings. The Hall–Kier alpha value is -1.89. The average Bonchev–Trinajstić information content (AvgIpc) is 3.14. The van der Waals surface area contributed by atoms with Gasteiger partial charge in [-0.05, 0) is 34.6 Å². The highest BCUT2D eigenvalue weighted by molar-refractivity contribution is 5.75. The highest BCUT2D eigenvalue weighted by Gasteiger charge is 2.07. The number of fused-ring (bicyclic) bond motifs is 1. The first-order chi connectivity index (χ1) is 12.1. The van der Waals surface area contributed by atoms with E-state index in [-0.39, 0.29) is 0 Å². The van der Waals surface area contributed by atoms with Crippen molar-refractivity contribution in [1.82, 2.24) is 0 Å². The van der Waals surface area contributed by atoms with Crippen molar-refractivity contribution in [1.29, 1.82) is 0 Å². The van der Waals surface area contributed by atoms with Gasteiger partial charge in [-0.3, -0.25) is 4.99 Å². The Bertz CT molecular complexity index is 595. The molecule has 0 radical (unpaired) electrons. The molecule has 0 unspecified atom stereocenters. The van der Waals surface area contributed by atoms with Gasteiger partial charge in [-0.2, -0.15) is 0 Å². The molecule has 0 saturated carbocycles. The fourth-order valence-electron chi connectivity index (χ4n) is 2.33. The maximum Gasteiger partial charge on any atom is 0.0661 e. The van der Waals surface area contributed by atoms with Crippen LogP contribution in [-0.4, -0.2) is 6.21 Å². The predicted octanol–water partition coefficient (Wildman–Crippen LogP) is 7.93. The van der Waals surface area contributed by atoms with E-state index in [9.17, 15) is 0 Å². The topological polar surface area (TPSA) is 12.4 Å². The third-order valence-corrected chi connectivity index (χ3v) is 3.78. The zero-order valence-corrected chi connectivity index (χ0v) is 17.5. The lowest BCUT2D eigenvalue weighted by molar-refractivity contribution is 0.865. The van der Waals surface area contributed by atoms with Crippen LogP contribution >= 0.6 is 0 Å². The van der Waals surface area contributed by atoms with Crippen LogP contribution in [0, 0.1) is 0 Å². The molecule has 0 spiro atoms. The second kappa shape index (κ2) is 13.4. The Morgan fingerprint density at radius 3 is 1.76 bits per heavy atom. The van der Waals surface area contributed by atoms with Gasteiger partial charge in [-0.25, -0.2) is 0 Å². The van der Waals surface area contributed by atoms with Gasteiger partial charge < -0.3 is 0 Å². The van der Waals surface area contributed by atoms with Crippen LogP contribution in [0.15, 0.2) is 53.5 Å². The first-order valence-electron chi connectivity index (χ1n) is 9.78. The fraction of sp³-hybridized carbons (Fsp3) is 0.458. The molecular formula is C24H37N. The molecule has 25 heavy (non-hydrogen) atoms. The number of hydrogen-bond donors (Lipinski definition) is 0. The maximum atomic E-state index is 4.27. The van der Waals surface area contributed by atoms with E-state index in [1.807, 2.05) is 40.0 Å². The summed E-state index contributed by atoms with van der Waals surface area (Å²) in [6, 6.07) is 17.1. The second-order valence-electron chi connectivity index (χ2n) is 6.12. The minimum Gasteiger partial charge on any atom is -0.261 e. The Kier molecular flexibility index (Phi) is 12.4. The van der Waals surface area contributed by atoms with Crippen molar-refractivity contribution in [2.45, 2.75) is 73.6 Å². The molecular weight excluding hydrogens is 302 g/mol. The molecule has 0 amide bonds. The summed E-state index contributed by atoms with van der Waals surface area (Å²) in [6.07, 6.45) is 2.99. The van der Waals surface area contributed by atoms with Gasteiger partial charge in [-0.15, -0.1) is 0 Å². The fourth-order valence-corrected chi connectivity index (χ4v) is 2.33. The molecule has 1 heteroatoms. The van der Waals surface area contributed by atoms with E-state index in [4.69, 9.17) is 0 Å². The molecule has 0 saturated heterocycles. The van der Waals surface area contributed by atoms with Crippen molar-refractivity contribution in [3.63, 3.8) is 0 Å². The molecule has 0 fully saturated rings. The van der Waals surface area contributed by atoms with Crippen LogP contribution in [0.4, 0.5) is 5.69 Å². The summed E-state index contributed by atoms with van der Waals surface area (Å²) in [5, 5.41) is 0. The number of aliphatic imine (C=N–C) groups is 1. The molecule has 1 aliphatic heterocycles. The molecule has 1 heterocycles. The van der Waals surface area contributed by atoms with Gasteiger partial charge in [-0.1, -0.05) is 97.9 Å². The Balaban J connectivity index is 0.000000396. The number of hydrogen-bond acceptors (Lipinski definition) is 1. The van der Waals surface area contributed by atoms with Gasteiger partial charge in [0.2, 0.25) is 0 Å². The standard InChI is InChI=1S/C11H13N.C9H12.2C2H6/c1-8(2)9-3-4-11-10(7-9)5-6-12-11;1-8(2)9-6-4-3-5-7-9;2*1-2/h3-4,6-8H,5H2,1-2H3;3-8H,1-2H3;2*1-2H3. The van der Waals surface area contributed by atoms with E-state index in [2.05, 4.69) is 75.2 Å². The Morgan fingerprint density at radius 1 is 0.720 bits per heavy atom. The molecule has 0 atom stereocenters. The Labute approximate surface area is 156 Å². The SMILES string of the molecule is CC.CC.CC(C)c1ccc2c(c1)CC=N2.CC(C)c1ccccc1. The van der Waals surface area contributed by atoms with E-state index in [1.54, 1.807) is 0 Å². The predicted molar refractivity (Wildman–Crippen MR) is 116 cm³/mol. The van der Waals surface area contributed by atoms with Crippen molar-refractivity contribution >= 4 is 11.9 Å². The summed E-state index contributed by atoms with van der Waals surface area (Å²) in [5.74, 6) is 1.28. The molecule has 0 N–H and O–H groups in total. The first kappa shape index (κ1) is 23.1. The second-order valence-corrected chi connectivity index (χ2v) is 6.12. The number of rotatable bonds is 2. The Morgan fingerprint density at radius 2 is 1.28 bits per heavy atom. The largest absolute Gasteiger partial charge is 0.261 e. The van der Waals surface area contributed by atoms with Gasteiger partial charge in [0, 0.05) is 12.6 Å². The van der Waals surface area contributed by atoms with E-state index in [0.29, 0.717) is 11.8 Å². The van der Waals surface area contributed by atoms with Crippen LogP contribution in [0.2, 0.25) is 0 Å². The van der Waals surface area contributed by atoms with Gasteiger partial charge in [0.05, 0.1) is 5.69 Å². The first-order valence-corrected chi connectivity index (χ1v) is 9.78. The highest BCUT2D eigenvalue weighted by atomic mass is 14.7. The number of nitrogens with zero attached hydrogens (tertiary/aromatic N) is 1. The molecule has 0 aliphatic carbocycles. The lowest BCUT2D eigenvalue weighted by Gasteiger charge is -2.06. The highest BCUT2D eigenvalue weighted by Crippen LogP contribution is 2.27. The monoisotopic (exact) mass is 339 g/mol. The maximum absolute atomic E-state index is 4.27. The van der Waals surface area contributed by atoms with Crippen LogP contribution in [0.3, 0.4) is 0 Å². The van der Waals surface area contributed by atoms with E-state index in [1.165, 1.54) is 16.7 Å². The quantitative estimate of drug-likeness (QED) is 0.526. The third-order valence-electron chi connectivity index (χ3n) is 3.78. The van der Waals surface area contributed by atoms with Crippen LogP contribution < -0.4 is 0 Å². The van der Waals surface area contributed by atoms with Crippen LogP contribution in [0.5, 0.6) is 0 Å². The van der Waals surface area contributed by atoms with Crippen molar-refractivity contribution < 1.29 is 0 Å². The zero-order chi connectivity index (χ0) is 19.2. The summed E-state index contributed by atoms with van der Waals surface area (Å²) >= 11 is 0. The lowest BCUT2D eigenvalue weighted by atomic mass is 10.00. The molecule has 2 aromatic rings. The average molecular weight is 340 g/mol. The van der Waals surface area contributed by atoms with Gasteiger partial charge in [0.1, 0.15) is 0 Å². The lowest BCUT2D eigenvalue weighted by Crippen LogP contribution is -1.88. The van der Waals surface area contributed by atoms with Crippen molar-refractivity contribution in [2.75, 3.05) is 0 Å². The zero-order valence-electron chi connectivity index (χ0n) is 17.5. The van der Waals surface area contributed by atoms with Crippen LogP contribution in [0.1, 0.15) is 83.9 Å².